The number of pyridine rings is 1. The van der Waals surface area contributed by atoms with Gasteiger partial charge in [-0.1, -0.05) is 0 Å². The maximum Gasteiger partial charge on any atom is 0.354 e. The zero-order valence-electron chi connectivity index (χ0n) is 9.55. The Bertz CT molecular complexity index is 581. The third kappa shape index (κ3) is 2.29. The molecule has 4 nitrogen and oxygen atoms in total. The van der Waals surface area contributed by atoms with Gasteiger partial charge in [-0.2, -0.15) is 0 Å². The summed E-state index contributed by atoms with van der Waals surface area (Å²) in [5.74, 6) is -1.06. The quantitative estimate of drug-likeness (QED) is 0.905. The van der Waals surface area contributed by atoms with Gasteiger partial charge in [-0.25, -0.2) is 14.2 Å². The molecule has 0 fully saturated rings. The second-order valence-corrected chi connectivity index (χ2v) is 3.56. The molecule has 0 saturated carbocycles. The van der Waals surface area contributed by atoms with E-state index in [2.05, 4.69) is 4.98 Å². The second-order valence-electron chi connectivity index (χ2n) is 3.56. The number of carbonyl (C=O) groups is 1. The van der Waals surface area contributed by atoms with Gasteiger partial charge in [0.2, 0.25) is 0 Å². The van der Waals surface area contributed by atoms with E-state index in [-0.39, 0.29) is 11.5 Å². The fourth-order valence-electron chi connectivity index (χ4n) is 1.54. The molecular formula is C13H10FNO3. The fraction of sp³-hybridized carbons (Fsp3) is 0.0769. The number of rotatable bonds is 3. The summed E-state index contributed by atoms with van der Waals surface area (Å²) < 4.78 is 18.0. The summed E-state index contributed by atoms with van der Waals surface area (Å²) in [5, 5.41) is 8.90. The minimum absolute atomic E-state index is 0.0878. The average molecular weight is 247 g/mol. The number of aromatic carboxylic acids is 1. The van der Waals surface area contributed by atoms with Crippen LogP contribution in [0.3, 0.4) is 0 Å². The molecule has 0 aliphatic rings. The Morgan fingerprint density at radius 1 is 1.22 bits per heavy atom. The molecule has 0 atom stereocenters. The zero-order valence-corrected chi connectivity index (χ0v) is 9.55. The Morgan fingerprint density at radius 3 is 2.44 bits per heavy atom. The molecule has 0 unspecified atom stereocenters. The number of hydrogen-bond acceptors (Lipinski definition) is 3. The molecule has 1 heterocycles. The lowest BCUT2D eigenvalue weighted by molar-refractivity contribution is 0.0690. The van der Waals surface area contributed by atoms with Crippen molar-refractivity contribution in [2.45, 2.75) is 0 Å². The summed E-state index contributed by atoms with van der Waals surface area (Å²) in [5.41, 5.74) is 0.879. The lowest BCUT2D eigenvalue weighted by Gasteiger charge is -2.08. The highest BCUT2D eigenvalue weighted by atomic mass is 19.1. The molecule has 0 radical (unpaired) electrons. The van der Waals surface area contributed by atoms with Crippen LogP contribution in [-0.2, 0) is 0 Å². The summed E-state index contributed by atoms with van der Waals surface area (Å²) in [7, 11) is 1.46. The van der Waals surface area contributed by atoms with Crippen molar-refractivity contribution in [1.82, 2.24) is 4.98 Å². The number of hydrogen-bond donors (Lipinski definition) is 1. The number of carboxylic acids is 1. The molecule has 0 aliphatic heterocycles. The van der Waals surface area contributed by atoms with Crippen molar-refractivity contribution in [2.24, 2.45) is 0 Å². The van der Waals surface area contributed by atoms with Crippen LogP contribution >= 0.6 is 0 Å². The number of ether oxygens (including phenoxy) is 1. The van der Waals surface area contributed by atoms with Crippen molar-refractivity contribution >= 4 is 5.97 Å². The Morgan fingerprint density at radius 2 is 1.89 bits per heavy atom. The summed E-state index contributed by atoms with van der Waals surface area (Å²) in [6.45, 7) is 0. The van der Waals surface area contributed by atoms with E-state index in [1.807, 2.05) is 0 Å². The molecule has 0 aliphatic carbocycles. The largest absolute Gasteiger partial charge is 0.494 e. The van der Waals surface area contributed by atoms with Gasteiger partial charge in [0.05, 0.1) is 7.11 Å². The van der Waals surface area contributed by atoms with Crippen LogP contribution in [0.4, 0.5) is 4.39 Å². The van der Waals surface area contributed by atoms with Gasteiger partial charge in [0, 0.05) is 5.56 Å². The number of halogens is 1. The minimum Gasteiger partial charge on any atom is -0.494 e. The van der Waals surface area contributed by atoms with Crippen LogP contribution in [0.5, 0.6) is 5.75 Å². The molecular weight excluding hydrogens is 237 g/mol. The highest BCUT2D eigenvalue weighted by molar-refractivity contribution is 5.86. The van der Waals surface area contributed by atoms with Gasteiger partial charge in [0.25, 0.3) is 0 Å². The van der Waals surface area contributed by atoms with Gasteiger partial charge in [-0.3, -0.25) is 0 Å². The highest BCUT2D eigenvalue weighted by Gasteiger charge is 2.12. The molecule has 1 N–H and O–H groups in total. The first-order valence-corrected chi connectivity index (χ1v) is 5.16. The Hall–Kier alpha value is -2.43. The van der Waals surface area contributed by atoms with E-state index in [1.54, 1.807) is 0 Å². The normalized spacial score (nSPS) is 10.1. The Balaban J connectivity index is 2.56. The smallest absolute Gasteiger partial charge is 0.354 e. The van der Waals surface area contributed by atoms with E-state index < -0.39 is 5.97 Å². The molecule has 92 valence electrons. The van der Waals surface area contributed by atoms with Crippen LogP contribution in [0, 0.1) is 5.82 Å². The molecule has 1 aromatic carbocycles. The van der Waals surface area contributed by atoms with Crippen molar-refractivity contribution in [3.8, 4) is 17.0 Å². The monoisotopic (exact) mass is 247 g/mol. The van der Waals surface area contributed by atoms with Crippen LogP contribution < -0.4 is 4.74 Å². The first kappa shape index (κ1) is 12.0. The van der Waals surface area contributed by atoms with E-state index >= 15 is 0 Å². The van der Waals surface area contributed by atoms with Crippen LogP contribution in [0.15, 0.2) is 36.4 Å². The van der Waals surface area contributed by atoms with E-state index in [1.165, 1.54) is 43.5 Å². The van der Waals surface area contributed by atoms with Gasteiger partial charge in [0.15, 0.2) is 0 Å². The molecule has 2 aromatic rings. The van der Waals surface area contributed by atoms with Gasteiger partial charge in [-0.15, -0.1) is 0 Å². The molecule has 5 heteroatoms. The van der Waals surface area contributed by atoms with Gasteiger partial charge >= 0.3 is 5.97 Å². The third-order valence-electron chi connectivity index (χ3n) is 2.41. The second kappa shape index (κ2) is 4.83. The van der Waals surface area contributed by atoms with E-state index in [0.29, 0.717) is 17.0 Å². The average Bonchev–Trinajstić information content (AvgIpc) is 2.39. The van der Waals surface area contributed by atoms with Gasteiger partial charge in [-0.05, 0) is 36.4 Å². The van der Waals surface area contributed by atoms with E-state index in [4.69, 9.17) is 9.84 Å². The minimum atomic E-state index is -1.12. The van der Waals surface area contributed by atoms with Crippen molar-refractivity contribution in [1.29, 1.82) is 0 Å². The molecule has 2 rings (SSSR count). The highest BCUT2D eigenvalue weighted by Crippen LogP contribution is 2.28. The number of benzene rings is 1. The maximum absolute atomic E-state index is 12.8. The number of nitrogens with zero attached hydrogens (tertiary/aromatic N) is 1. The standard InChI is InChI=1S/C13H10FNO3/c1-18-11-7-6-10(13(16)17)15-12(11)8-2-4-9(14)5-3-8/h2-7H,1H3,(H,16,17). The third-order valence-corrected chi connectivity index (χ3v) is 2.41. The molecule has 0 bridgehead atoms. The van der Waals surface area contributed by atoms with Gasteiger partial charge in [0.1, 0.15) is 23.0 Å². The lowest BCUT2D eigenvalue weighted by atomic mass is 10.1. The predicted molar refractivity (Wildman–Crippen MR) is 63.1 cm³/mol. The SMILES string of the molecule is COc1ccc(C(=O)O)nc1-c1ccc(F)cc1. The summed E-state index contributed by atoms with van der Waals surface area (Å²) in [4.78, 5) is 14.9. The van der Waals surface area contributed by atoms with E-state index in [0.717, 1.165) is 0 Å². The van der Waals surface area contributed by atoms with Crippen LogP contribution in [-0.4, -0.2) is 23.2 Å². The van der Waals surface area contributed by atoms with Crippen LogP contribution in [0.1, 0.15) is 10.5 Å². The summed E-state index contributed by atoms with van der Waals surface area (Å²) in [6.07, 6.45) is 0. The fourth-order valence-corrected chi connectivity index (χ4v) is 1.54. The number of methoxy groups -OCH3 is 1. The van der Waals surface area contributed by atoms with Crippen molar-refractivity contribution in [2.75, 3.05) is 7.11 Å². The predicted octanol–water partition coefficient (Wildman–Crippen LogP) is 2.59. The zero-order chi connectivity index (χ0) is 13.1. The van der Waals surface area contributed by atoms with Crippen molar-refractivity contribution < 1.29 is 19.0 Å². The number of aromatic nitrogens is 1. The van der Waals surface area contributed by atoms with Crippen molar-refractivity contribution in [3.05, 3.63) is 47.9 Å². The van der Waals surface area contributed by atoms with Crippen molar-refractivity contribution in [3.63, 3.8) is 0 Å². The topological polar surface area (TPSA) is 59.4 Å². The molecule has 18 heavy (non-hydrogen) atoms. The molecule has 0 amide bonds. The maximum atomic E-state index is 12.8. The lowest BCUT2D eigenvalue weighted by Crippen LogP contribution is -2.02. The number of carboxylic acid groups (broad SMARTS) is 1. The molecule has 0 spiro atoms. The summed E-state index contributed by atoms with van der Waals surface area (Å²) >= 11 is 0. The van der Waals surface area contributed by atoms with Crippen LogP contribution in [0.2, 0.25) is 0 Å². The van der Waals surface area contributed by atoms with Gasteiger partial charge < -0.3 is 9.84 Å². The summed E-state index contributed by atoms with van der Waals surface area (Å²) in [6, 6.07) is 8.48. The van der Waals surface area contributed by atoms with E-state index in [9.17, 15) is 9.18 Å². The molecule has 0 saturated heterocycles. The first-order chi connectivity index (χ1) is 8.61. The first-order valence-electron chi connectivity index (χ1n) is 5.16. The molecule has 1 aromatic heterocycles. The Labute approximate surface area is 103 Å². The Kier molecular flexibility index (Phi) is 3.23. The van der Waals surface area contributed by atoms with Crippen LogP contribution in [0.25, 0.3) is 11.3 Å².